The maximum atomic E-state index is 6.27. The van der Waals surface area contributed by atoms with Gasteiger partial charge in [-0.15, -0.1) is 33.4 Å². The van der Waals surface area contributed by atoms with Crippen molar-refractivity contribution in [3.05, 3.63) is 71.3 Å². The quantitative estimate of drug-likeness (QED) is 0.330. The third-order valence-electron chi connectivity index (χ3n) is 6.05. The third kappa shape index (κ3) is 2.95. The van der Waals surface area contributed by atoms with E-state index in [-0.39, 0.29) is 21.1 Å². The van der Waals surface area contributed by atoms with E-state index < -0.39 is 0 Å². The second-order valence-corrected chi connectivity index (χ2v) is 7.83. The normalized spacial score (nSPS) is 13.5. The SMILES string of the molecule is Cc1cc(Oc2[c-]c3c(c(C)c2)CCn2ccnc2-3)[c-]c2c1CCn1ccnc1-2.[Pt+2]. The molecule has 0 bridgehead atoms. The van der Waals surface area contributed by atoms with E-state index in [1.54, 1.807) is 0 Å². The van der Waals surface area contributed by atoms with Crippen molar-refractivity contribution in [3.8, 4) is 34.3 Å². The van der Waals surface area contributed by atoms with Crippen molar-refractivity contribution in [3.63, 3.8) is 0 Å². The van der Waals surface area contributed by atoms with Gasteiger partial charge in [0, 0.05) is 49.4 Å². The molecular weight excluding hydrogens is 555 g/mol. The molecule has 2 aromatic carbocycles. The molecular formula is C24H20N4OPt. The molecule has 2 aliphatic rings. The Labute approximate surface area is 190 Å². The average Bonchev–Trinajstić information content (AvgIpc) is 3.37. The van der Waals surface area contributed by atoms with Crippen molar-refractivity contribution in [1.29, 1.82) is 0 Å². The van der Waals surface area contributed by atoms with Gasteiger partial charge in [-0.1, -0.05) is 38.1 Å². The first kappa shape index (κ1) is 19.3. The first-order valence-corrected chi connectivity index (χ1v) is 10.00. The monoisotopic (exact) mass is 575 g/mol. The van der Waals surface area contributed by atoms with Crippen LogP contribution < -0.4 is 4.74 Å². The van der Waals surface area contributed by atoms with Gasteiger partial charge in [0.15, 0.2) is 0 Å². The Kier molecular flexibility index (Phi) is 4.66. The van der Waals surface area contributed by atoms with Crippen LogP contribution >= 0.6 is 0 Å². The van der Waals surface area contributed by atoms with Gasteiger partial charge >= 0.3 is 21.1 Å². The minimum Gasteiger partial charge on any atom is -0.497 e. The van der Waals surface area contributed by atoms with Crippen LogP contribution in [0.1, 0.15) is 22.3 Å². The predicted molar refractivity (Wildman–Crippen MR) is 110 cm³/mol. The molecule has 0 saturated heterocycles. The van der Waals surface area contributed by atoms with Crippen LogP contribution in [0, 0.1) is 26.0 Å². The topological polar surface area (TPSA) is 44.9 Å². The van der Waals surface area contributed by atoms with Crippen LogP contribution in [-0.4, -0.2) is 19.1 Å². The summed E-state index contributed by atoms with van der Waals surface area (Å²) in [6, 6.07) is 11.1. The van der Waals surface area contributed by atoms with Gasteiger partial charge in [0.05, 0.1) is 11.6 Å². The van der Waals surface area contributed by atoms with E-state index in [0.717, 1.165) is 48.7 Å². The minimum atomic E-state index is 0. The summed E-state index contributed by atoms with van der Waals surface area (Å²) in [4.78, 5) is 9.07. The average molecular weight is 576 g/mol. The molecule has 0 saturated carbocycles. The van der Waals surface area contributed by atoms with E-state index in [1.807, 2.05) is 24.8 Å². The van der Waals surface area contributed by atoms with Crippen molar-refractivity contribution in [2.24, 2.45) is 0 Å². The summed E-state index contributed by atoms with van der Waals surface area (Å²) in [5, 5.41) is 0. The number of nitrogens with zero attached hydrogens (tertiary/aromatic N) is 4. The molecule has 4 aromatic rings. The van der Waals surface area contributed by atoms with Crippen molar-refractivity contribution < 1.29 is 25.8 Å². The summed E-state index contributed by atoms with van der Waals surface area (Å²) in [7, 11) is 0. The fraction of sp³-hybridized carbons (Fsp3) is 0.250. The first-order valence-electron chi connectivity index (χ1n) is 10.00. The second kappa shape index (κ2) is 7.24. The van der Waals surface area contributed by atoms with Gasteiger partial charge in [0.2, 0.25) is 0 Å². The summed E-state index contributed by atoms with van der Waals surface area (Å²) in [6.45, 7) is 6.19. The van der Waals surface area contributed by atoms with Crippen LogP contribution in [-0.2, 0) is 47.0 Å². The number of hydrogen-bond acceptors (Lipinski definition) is 3. The molecule has 6 heteroatoms. The number of hydrogen-bond donors (Lipinski definition) is 0. The molecule has 0 amide bonds. The smallest absolute Gasteiger partial charge is 0.497 e. The zero-order valence-electron chi connectivity index (χ0n) is 16.8. The molecule has 6 rings (SSSR count). The molecule has 2 aromatic heterocycles. The Morgan fingerprint density at radius 3 is 1.73 bits per heavy atom. The minimum absolute atomic E-state index is 0. The summed E-state index contributed by atoms with van der Waals surface area (Å²) in [6.07, 6.45) is 9.74. The maximum Gasteiger partial charge on any atom is 2.00 e. The maximum absolute atomic E-state index is 6.27. The van der Waals surface area contributed by atoms with E-state index in [2.05, 4.69) is 57.2 Å². The molecule has 0 fully saturated rings. The number of ether oxygens (including phenoxy) is 1. The number of imidazole rings is 2. The molecule has 4 heterocycles. The third-order valence-corrected chi connectivity index (χ3v) is 6.05. The van der Waals surface area contributed by atoms with Gasteiger partial charge in [0.25, 0.3) is 0 Å². The Hall–Kier alpha value is -2.65. The number of fused-ring (bicyclic) bond motifs is 6. The van der Waals surface area contributed by atoms with Crippen molar-refractivity contribution in [2.45, 2.75) is 39.8 Å². The molecule has 0 atom stereocenters. The molecule has 5 nitrogen and oxygen atoms in total. The summed E-state index contributed by atoms with van der Waals surface area (Å²) < 4.78 is 10.6. The van der Waals surface area contributed by atoms with Gasteiger partial charge in [-0.05, 0) is 12.8 Å². The largest absolute Gasteiger partial charge is 2.00 e. The Morgan fingerprint density at radius 1 is 0.800 bits per heavy atom. The fourth-order valence-electron chi connectivity index (χ4n) is 4.59. The number of aromatic nitrogens is 4. The molecule has 0 unspecified atom stereocenters. The first-order chi connectivity index (χ1) is 14.2. The van der Waals surface area contributed by atoms with Gasteiger partial charge in [-0.25, -0.2) is 0 Å². The predicted octanol–water partition coefficient (Wildman–Crippen LogP) is 4.53. The Balaban J connectivity index is 0.00000193. The van der Waals surface area contributed by atoms with Crippen LogP contribution in [0.2, 0.25) is 0 Å². The molecule has 0 N–H and O–H groups in total. The van der Waals surface area contributed by atoms with Crippen molar-refractivity contribution in [1.82, 2.24) is 19.1 Å². The van der Waals surface area contributed by atoms with Crippen molar-refractivity contribution in [2.75, 3.05) is 0 Å². The zero-order chi connectivity index (χ0) is 19.5. The van der Waals surface area contributed by atoms with E-state index in [0.29, 0.717) is 11.5 Å². The Morgan fingerprint density at radius 2 is 1.27 bits per heavy atom. The summed E-state index contributed by atoms with van der Waals surface area (Å²) in [5.41, 5.74) is 7.14. The van der Waals surface area contributed by atoms with Gasteiger partial charge in [-0.3, -0.25) is 9.97 Å². The molecule has 2 aliphatic heterocycles. The molecule has 0 radical (unpaired) electrons. The van der Waals surface area contributed by atoms with Crippen LogP contribution in [0.15, 0.2) is 36.9 Å². The summed E-state index contributed by atoms with van der Waals surface area (Å²) in [5.74, 6) is 3.33. The van der Waals surface area contributed by atoms with E-state index in [4.69, 9.17) is 4.74 Å². The van der Waals surface area contributed by atoms with Gasteiger partial charge in [-0.2, -0.15) is 0 Å². The van der Waals surface area contributed by atoms with Crippen LogP contribution in [0.25, 0.3) is 22.8 Å². The van der Waals surface area contributed by atoms with Gasteiger partial charge < -0.3 is 13.9 Å². The van der Waals surface area contributed by atoms with Crippen molar-refractivity contribution >= 4 is 0 Å². The number of aryl methyl sites for hydroxylation is 4. The van der Waals surface area contributed by atoms with Gasteiger partial charge in [0.1, 0.15) is 0 Å². The fourth-order valence-corrected chi connectivity index (χ4v) is 4.59. The molecule has 152 valence electrons. The Bertz CT molecular complexity index is 1170. The standard InChI is InChI=1S/C24H20N4O.Pt/c1-15-11-17(13-21-19(15)3-7-27-9-5-25-23(21)27)29-18-12-16(2)20-4-8-28-10-6-26-24(28)22(20)14-18;/h5-6,9-12H,3-4,7-8H2,1-2H3;/q-2;+2. The molecule has 0 spiro atoms. The zero-order valence-corrected chi connectivity index (χ0v) is 19.1. The van der Waals surface area contributed by atoms with E-state index >= 15 is 0 Å². The second-order valence-electron chi connectivity index (χ2n) is 7.83. The van der Waals surface area contributed by atoms with E-state index in [1.165, 1.54) is 22.3 Å². The van der Waals surface area contributed by atoms with E-state index in [9.17, 15) is 0 Å². The number of rotatable bonds is 2. The number of benzene rings is 2. The molecule has 0 aliphatic carbocycles. The van der Waals surface area contributed by atoms with Crippen LogP contribution in [0.5, 0.6) is 11.5 Å². The van der Waals surface area contributed by atoms with Crippen LogP contribution in [0.3, 0.4) is 0 Å². The summed E-state index contributed by atoms with van der Waals surface area (Å²) >= 11 is 0. The molecule has 30 heavy (non-hydrogen) atoms. The van der Waals surface area contributed by atoms with Crippen LogP contribution in [0.4, 0.5) is 0 Å².